The highest BCUT2D eigenvalue weighted by atomic mass is 16.3. The highest BCUT2D eigenvalue weighted by Gasteiger charge is 2.12. The topological polar surface area (TPSA) is 71.2 Å². The summed E-state index contributed by atoms with van der Waals surface area (Å²) in [6, 6.07) is 3.56. The maximum absolute atomic E-state index is 9.34. The summed E-state index contributed by atoms with van der Waals surface area (Å²) < 4.78 is 0. The second-order valence-electron chi connectivity index (χ2n) is 4.59. The number of aromatic nitrogens is 1. The predicted molar refractivity (Wildman–Crippen MR) is 60.0 cm³/mol. The number of nitrogens with two attached hydrogens (primary N) is 1. The summed E-state index contributed by atoms with van der Waals surface area (Å²) in [5.41, 5.74) is 6.93. The first-order valence-electron chi connectivity index (χ1n) is 5.02. The van der Waals surface area contributed by atoms with Gasteiger partial charge in [-0.1, -0.05) is 6.07 Å². The van der Waals surface area contributed by atoms with E-state index in [0.717, 1.165) is 5.69 Å². The Bertz CT molecular complexity index is 318. The number of hydrogen-bond acceptors (Lipinski definition) is 4. The number of nitrogens with one attached hydrogen (secondary N) is 1. The molecule has 15 heavy (non-hydrogen) atoms. The summed E-state index contributed by atoms with van der Waals surface area (Å²) in [5, 5.41) is 12.6. The van der Waals surface area contributed by atoms with Crippen molar-refractivity contribution >= 4 is 0 Å². The first-order chi connectivity index (χ1) is 6.90. The Kier molecular flexibility index (Phi) is 3.79. The first kappa shape index (κ1) is 12.1. The summed E-state index contributed by atoms with van der Waals surface area (Å²) in [4.78, 5) is 4.20. The zero-order chi connectivity index (χ0) is 11.5. The molecule has 4 heteroatoms. The minimum atomic E-state index is -0.963. The summed E-state index contributed by atoms with van der Waals surface area (Å²) in [5.74, 6) is 0. The Hall–Kier alpha value is -0.970. The fraction of sp³-hybridized carbons (Fsp3) is 0.545. The van der Waals surface area contributed by atoms with Crippen molar-refractivity contribution in [2.45, 2.75) is 39.1 Å². The molecule has 0 saturated heterocycles. The van der Waals surface area contributed by atoms with Gasteiger partial charge in [-0.2, -0.15) is 0 Å². The average Bonchev–Trinajstić information content (AvgIpc) is 2.14. The number of aliphatic hydroxyl groups is 1. The van der Waals surface area contributed by atoms with Crippen LogP contribution in [0.15, 0.2) is 18.3 Å². The van der Waals surface area contributed by atoms with Gasteiger partial charge >= 0.3 is 0 Å². The maximum atomic E-state index is 9.34. The van der Waals surface area contributed by atoms with Gasteiger partial charge in [-0.15, -0.1) is 0 Å². The van der Waals surface area contributed by atoms with Crippen molar-refractivity contribution in [2.24, 2.45) is 5.73 Å². The van der Waals surface area contributed by atoms with Crippen LogP contribution >= 0.6 is 0 Å². The number of hydrogen-bond donors (Lipinski definition) is 3. The van der Waals surface area contributed by atoms with Crippen molar-refractivity contribution in [3.05, 3.63) is 29.6 Å². The standard InChI is InChI=1S/C11H19N3O/c1-11(2,3)14-7-9-8(10(12)15)5-4-6-13-9/h4-6,10,14-15H,7,12H2,1-3H3. The van der Waals surface area contributed by atoms with Gasteiger partial charge in [0.05, 0.1) is 5.69 Å². The third kappa shape index (κ3) is 3.95. The van der Waals surface area contributed by atoms with Crippen LogP contribution in [0, 0.1) is 0 Å². The van der Waals surface area contributed by atoms with Crippen molar-refractivity contribution in [3.63, 3.8) is 0 Å². The fourth-order valence-electron chi connectivity index (χ4n) is 1.22. The van der Waals surface area contributed by atoms with Crippen LogP contribution in [0.1, 0.15) is 38.3 Å². The molecule has 0 fully saturated rings. The molecule has 1 heterocycles. The van der Waals surface area contributed by atoms with Crippen LogP contribution in [0.3, 0.4) is 0 Å². The number of nitrogens with zero attached hydrogens (tertiary/aromatic N) is 1. The lowest BCUT2D eigenvalue weighted by Crippen LogP contribution is -2.35. The van der Waals surface area contributed by atoms with Gasteiger partial charge in [-0.05, 0) is 26.8 Å². The molecule has 4 nitrogen and oxygen atoms in total. The number of pyridine rings is 1. The van der Waals surface area contributed by atoms with Crippen molar-refractivity contribution in [1.29, 1.82) is 0 Å². The fourth-order valence-corrected chi connectivity index (χ4v) is 1.22. The lowest BCUT2D eigenvalue weighted by Gasteiger charge is -2.21. The van der Waals surface area contributed by atoms with E-state index < -0.39 is 6.23 Å². The van der Waals surface area contributed by atoms with Crippen molar-refractivity contribution in [3.8, 4) is 0 Å². The minimum Gasteiger partial charge on any atom is -0.374 e. The molecule has 4 N–H and O–H groups in total. The number of aliphatic hydroxyl groups excluding tert-OH is 1. The number of rotatable bonds is 3. The van der Waals surface area contributed by atoms with Crippen LogP contribution in [0.5, 0.6) is 0 Å². The predicted octanol–water partition coefficient (Wildman–Crippen LogP) is 0.919. The molecule has 0 aliphatic heterocycles. The molecule has 0 aliphatic carbocycles. The Labute approximate surface area is 90.5 Å². The molecular weight excluding hydrogens is 190 g/mol. The van der Waals surface area contributed by atoms with E-state index in [-0.39, 0.29) is 5.54 Å². The van der Waals surface area contributed by atoms with Gasteiger partial charge in [0.25, 0.3) is 0 Å². The summed E-state index contributed by atoms with van der Waals surface area (Å²) in [7, 11) is 0. The first-order valence-corrected chi connectivity index (χ1v) is 5.02. The molecule has 1 aromatic heterocycles. The van der Waals surface area contributed by atoms with Gasteiger partial charge in [0.1, 0.15) is 6.23 Å². The zero-order valence-corrected chi connectivity index (χ0v) is 9.49. The van der Waals surface area contributed by atoms with E-state index in [2.05, 4.69) is 31.1 Å². The van der Waals surface area contributed by atoms with Crippen molar-refractivity contribution < 1.29 is 5.11 Å². The minimum absolute atomic E-state index is 0.0222. The molecule has 0 amide bonds. The largest absolute Gasteiger partial charge is 0.374 e. The quantitative estimate of drug-likeness (QED) is 0.647. The lowest BCUT2D eigenvalue weighted by molar-refractivity contribution is 0.184. The monoisotopic (exact) mass is 209 g/mol. The lowest BCUT2D eigenvalue weighted by atomic mass is 10.1. The molecule has 0 radical (unpaired) electrons. The maximum Gasteiger partial charge on any atom is 0.130 e. The molecule has 0 aliphatic rings. The Morgan fingerprint density at radius 2 is 2.20 bits per heavy atom. The molecule has 0 bridgehead atoms. The van der Waals surface area contributed by atoms with Crippen molar-refractivity contribution in [1.82, 2.24) is 10.3 Å². The van der Waals surface area contributed by atoms with E-state index in [9.17, 15) is 5.11 Å². The second kappa shape index (κ2) is 4.70. The third-order valence-electron chi connectivity index (χ3n) is 2.03. The van der Waals surface area contributed by atoms with E-state index in [1.807, 2.05) is 0 Å². The van der Waals surface area contributed by atoms with E-state index in [1.165, 1.54) is 0 Å². The molecule has 0 saturated carbocycles. The molecular formula is C11H19N3O. The van der Waals surface area contributed by atoms with Crippen LogP contribution < -0.4 is 11.1 Å². The molecule has 1 aromatic rings. The van der Waals surface area contributed by atoms with Crippen LogP contribution in [0.25, 0.3) is 0 Å². The van der Waals surface area contributed by atoms with E-state index in [1.54, 1.807) is 18.3 Å². The summed E-state index contributed by atoms with van der Waals surface area (Å²) in [6.07, 6.45) is 0.737. The van der Waals surface area contributed by atoms with Crippen LogP contribution in [0.4, 0.5) is 0 Å². The highest BCUT2D eigenvalue weighted by Crippen LogP contribution is 2.12. The third-order valence-corrected chi connectivity index (χ3v) is 2.03. The Morgan fingerprint density at radius 1 is 1.53 bits per heavy atom. The van der Waals surface area contributed by atoms with Crippen molar-refractivity contribution in [2.75, 3.05) is 0 Å². The van der Waals surface area contributed by atoms with Gasteiger partial charge in [-0.25, -0.2) is 0 Å². The van der Waals surface area contributed by atoms with Gasteiger partial charge in [0.2, 0.25) is 0 Å². The summed E-state index contributed by atoms with van der Waals surface area (Å²) >= 11 is 0. The van der Waals surface area contributed by atoms with E-state index in [0.29, 0.717) is 12.1 Å². The van der Waals surface area contributed by atoms with E-state index >= 15 is 0 Å². The second-order valence-corrected chi connectivity index (χ2v) is 4.59. The van der Waals surface area contributed by atoms with Crippen LogP contribution in [-0.2, 0) is 6.54 Å². The molecule has 84 valence electrons. The smallest absolute Gasteiger partial charge is 0.130 e. The zero-order valence-electron chi connectivity index (χ0n) is 9.49. The van der Waals surface area contributed by atoms with Gasteiger partial charge in [0.15, 0.2) is 0 Å². The Balaban J connectivity index is 2.76. The van der Waals surface area contributed by atoms with E-state index in [4.69, 9.17) is 5.73 Å². The van der Waals surface area contributed by atoms with Gasteiger partial charge < -0.3 is 16.2 Å². The van der Waals surface area contributed by atoms with Crippen LogP contribution in [-0.4, -0.2) is 15.6 Å². The highest BCUT2D eigenvalue weighted by molar-refractivity contribution is 5.21. The average molecular weight is 209 g/mol. The van der Waals surface area contributed by atoms with Crippen LogP contribution in [0.2, 0.25) is 0 Å². The van der Waals surface area contributed by atoms with Gasteiger partial charge in [0, 0.05) is 23.8 Å². The SMILES string of the molecule is CC(C)(C)NCc1ncccc1C(N)O. The molecule has 1 unspecified atom stereocenters. The summed E-state index contributed by atoms with van der Waals surface area (Å²) in [6.45, 7) is 6.84. The normalized spacial score (nSPS) is 13.9. The Morgan fingerprint density at radius 3 is 2.73 bits per heavy atom. The molecule has 1 rings (SSSR count). The molecule has 0 spiro atoms. The molecule has 1 atom stereocenters. The van der Waals surface area contributed by atoms with Gasteiger partial charge in [-0.3, -0.25) is 4.98 Å². The molecule has 0 aromatic carbocycles.